The van der Waals surface area contributed by atoms with E-state index in [1.54, 1.807) is 46.0 Å². The summed E-state index contributed by atoms with van der Waals surface area (Å²) in [5.74, 6) is 2.12. The van der Waals surface area contributed by atoms with Crippen LogP contribution < -0.4 is 10.6 Å². The number of terminal acetylenes is 1. The van der Waals surface area contributed by atoms with Crippen molar-refractivity contribution >= 4 is 17.9 Å². The van der Waals surface area contributed by atoms with Crippen LogP contribution in [0.4, 0.5) is 4.79 Å². The zero-order valence-electron chi connectivity index (χ0n) is 22.0. The summed E-state index contributed by atoms with van der Waals surface area (Å²) in [5, 5.41) is 5.86. The Balaban J connectivity index is 2.36. The Bertz CT molecular complexity index is 923. The summed E-state index contributed by atoms with van der Waals surface area (Å²) in [6.07, 6.45) is 10.6. The van der Waals surface area contributed by atoms with Crippen molar-refractivity contribution in [1.29, 1.82) is 0 Å². The van der Waals surface area contributed by atoms with Gasteiger partial charge in [0.25, 0.3) is 0 Å². The number of ether oxygens (including phenoxy) is 1. The molecular formula is C28H41N3O4. The molecule has 0 radical (unpaired) electrons. The maximum atomic E-state index is 13.7. The first-order valence-electron chi connectivity index (χ1n) is 12.5. The molecule has 7 nitrogen and oxygen atoms in total. The first-order valence-corrected chi connectivity index (χ1v) is 12.5. The number of amides is 3. The molecule has 2 atom stereocenters. The van der Waals surface area contributed by atoms with Gasteiger partial charge in [-0.15, -0.1) is 6.42 Å². The normalized spacial score (nSPS) is 16.1. The van der Waals surface area contributed by atoms with Gasteiger partial charge in [-0.3, -0.25) is 9.59 Å². The zero-order valence-corrected chi connectivity index (χ0v) is 22.0. The Morgan fingerprint density at radius 2 is 1.77 bits per heavy atom. The van der Waals surface area contributed by atoms with Crippen molar-refractivity contribution in [3.05, 3.63) is 35.4 Å². The standard InChI is InChI=1S/C28H41N3O4/c1-8-20-14-12-13-17-22(20)24(25(32)29-21-15-10-9-11-16-21)31(7)26(33)23(18-19(2)3)30-27(34)35-28(4,5)6/h1,12-14,17,19,21,23-24H,9-11,15-16,18H2,2-7H3,(H,29,32)(H,30,34). The molecule has 0 spiro atoms. The van der Waals surface area contributed by atoms with Gasteiger partial charge in [-0.2, -0.15) is 0 Å². The predicted octanol–water partition coefficient (Wildman–Crippen LogP) is 4.56. The van der Waals surface area contributed by atoms with E-state index >= 15 is 0 Å². The summed E-state index contributed by atoms with van der Waals surface area (Å²) in [5.41, 5.74) is 0.437. The predicted molar refractivity (Wildman–Crippen MR) is 138 cm³/mol. The minimum Gasteiger partial charge on any atom is -0.444 e. The number of alkyl carbamates (subject to hydrolysis) is 1. The lowest BCUT2D eigenvalue weighted by molar-refractivity contribution is -0.141. The van der Waals surface area contributed by atoms with Gasteiger partial charge in [0.2, 0.25) is 11.8 Å². The van der Waals surface area contributed by atoms with E-state index in [-0.39, 0.29) is 23.8 Å². The van der Waals surface area contributed by atoms with E-state index in [4.69, 9.17) is 11.2 Å². The molecule has 35 heavy (non-hydrogen) atoms. The average Bonchev–Trinajstić information content (AvgIpc) is 2.77. The van der Waals surface area contributed by atoms with Crippen molar-refractivity contribution < 1.29 is 19.1 Å². The number of nitrogens with one attached hydrogen (secondary N) is 2. The molecule has 1 aromatic carbocycles. The van der Waals surface area contributed by atoms with Gasteiger partial charge in [-0.05, 0) is 57.6 Å². The molecule has 0 aromatic heterocycles. The maximum Gasteiger partial charge on any atom is 0.408 e. The third-order valence-electron chi connectivity index (χ3n) is 6.04. The summed E-state index contributed by atoms with van der Waals surface area (Å²) < 4.78 is 5.38. The number of likely N-dealkylation sites (N-methyl/N-ethyl adjacent to an activating group) is 1. The van der Waals surface area contributed by atoms with Gasteiger partial charge < -0.3 is 20.3 Å². The number of rotatable bonds is 8. The average molecular weight is 484 g/mol. The number of hydrogen-bond acceptors (Lipinski definition) is 4. The maximum absolute atomic E-state index is 13.7. The van der Waals surface area contributed by atoms with E-state index in [9.17, 15) is 14.4 Å². The van der Waals surface area contributed by atoms with E-state index in [1.807, 2.05) is 19.9 Å². The van der Waals surface area contributed by atoms with Crippen molar-refractivity contribution in [2.24, 2.45) is 5.92 Å². The Morgan fingerprint density at radius 1 is 1.14 bits per heavy atom. The molecule has 0 heterocycles. The molecule has 2 unspecified atom stereocenters. The highest BCUT2D eigenvalue weighted by Gasteiger charge is 2.36. The Morgan fingerprint density at radius 3 is 2.34 bits per heavy atom. The molecule has 3 amide bonds. The van der Waals surface area contributed by atoms with Gasteiger partial charge in [-0.1, -0.05) is 57.2 Å². The number of nitrogens with zero attached hydrogens (tertiary/aromatic N) is 1. The first kappa shape index (κ1) is 28.2. The van der Waals surface area contributed by atoms with E-state index in [0.717, 1.165) is 25.7 Å². The quantitative estimate of drug-likeness (QED) is 0.531. The summed E-state index contributed by atoms with van der Waals surface area (Å²) in [6, 6.07) is 5.46. The molecule has 2 rings (SSSR count). The SMILES string of the molecule is C#Cc1ccccc1C(C(=O)NC1CCCCC1)N(C)C(=O)C(CC(C)C)NC(=O)OC(C)(C)C. The van der Waals surface area contributed by atoms with Gasteiger partial charge in [-0.25, -0.2) is 4.79 Å². The number of carbonyl (C=O) groups excluding carboxylic acids is 3. The highest BCUT2D eigenvalue weighted by atomic mass is 16.6. The molecule has 1 aliphatic rings. The topological polar surface area (TPSA) is 87.7 Å². The highest BCUT2D eigenvalue weighted by Crippen LogP contribution is 2.26. The highest BCUT2D eigenvalue weighted by molar-refractivity contribution is 5.92. The largest absolute Gasteiger partial charge is 0.444 e. The monoisotopic (exact) mass is 483 g/mol. The molecule has 0 saturated heterocycles. The first-order chi connectivity index (χ1) is 16.4. The van der Waals surface area contributed by atoms with Crippen LogP contribution in [-0.2, 0) is 14.3 Å². The summed E-state index contributed by atoms with van der Waals surface area (Å²) in [4.78, 5) is 41.2. The second-order valence-electron chi connectivity index (χ2n) is 10.8. The second-order valence-corrected chi connectivity index (χ2v) is 10.8. The summed E-state index contributed by atoms with van der Waals surface area (Å²) in [7, 11) is 1.59. The third kappa shape index (κ3) is 8.61. The molecule has 0 aliphatic heterocycles. The minimum atomic E-state index is -0.924. The van der Waals surface area contributed by atoms with Gasteiger partial charge in [0, 0.05) is 18.7 Å². The lowest BCUT2D eigenvalue weighted by atomic mass is 9.93. The zero-order chi connectivity index (χ0) is 26.2. The molecule has 1 aromatic rings. The fourth-order valence-electron chi connectivity index (χ4n) is 4.44. The van der Waals surface area contributed by atoms with E-state index in [2.05, 4.69) is 16.6 Å². The van der Waals surface area contributed by atoms with Gasteiger partial charge >= 0.3 is 6.09 Å². The molecule has 1 saturated carbocycles. The number of benzene rings is 1. The second kappa shape index (κ2) is 12.6. The minimum absolute atomic E-state index is 0.0756. The van der Waals surface area contributed by atoms with Crippen molar-refractivity contribution in [1.82, 2.24) is 15.5 Å². The Kier molecular flexibility index (Phi) is 10.2. The van der Waals surface area contributed by atoms with Crippen molar-refractivity contribution in [3.63, 3.8) is 0 Å². The van der Waals surface area contributed by atoms with Crippen molar-refractivity contribution in [2.45, 2.75) is 96.9 Å². The van der Waals surface area contributed by atoms with Crippen LogP contribution in [0.1, 0.15) is 90.3 Å². The number of hydrogen-bond donors (Lipinski definition) is 2. The fourth-order valence-corrected chi connectivity index (χ4v) is 4.44. The molecule has 1 fully saturated rings. The Labute approximate surface area is 210 Å². The lowest BCUT2D eigenvalue weighted by Crippen LogP contribution is -2.53. The van der Waals surface area contributed by atoms with Crippen LogP contribution in [0.2, 0.25) is 0 Å². The smallest absolute Gasteiger partial charge is 0.408 e. The summed E-state index contributed by atoms with van der Waals surface area (Å²) >= 11 is 0. The Hall–Kier alpha value is -3.01. The van der Waals surface area contributed by atoms with Crippen LogP contribution in [0.25, 0.3) is 0 Å². The van der Waals surface area contributed by atoms with Crippen LogP contribution in [0.15, 0.2) is 24.3 Å². The molecule has 2 N–H and O–H groups in total. The molecule has 192 valence electrons. The molecule has 0 bridgehead atoms. The lowest BCUT2D eigenvalue weighted by Gasteiger charge is -2.34. The van der Waals surface area contributed by atoms with E-state index in [1.165, 1.54) is 11.3 Å². The van der Waals surface area contributed by atoms with Gasteiger partial charge in [0.1, 0.15) is 17.7 Å². The van der Waals surface area contributed by atoms with Crippen LogP contribution in [0.5, 0.6) is 0 Å². The van der Waals surface area contributed by atoms with Crippen molar-refractivity contribution in [2.75, 3.05) is 7.05 Å². The summed E-state index contributed by atoms with van der Waals surface area (Å²) in [6.45, 7) is 9.23. The fraction of sp³-hybridized carbons (Fsp3) is 0.607. The van der Waals surface area contributed by atoms with Crippen LogP contribution >= 0.6 is 0 Å². The van der Waals surface area contributed by atoms with Crippen LogP contribution in [-0.4, -0.2) is 47.5 Å². The van der Waals surface area contributed by atoms with Crippen LogP contribution in [0, 0.1) is 18.3 Å². The number of carbonyl (C=O) groups is 3. The van der Waals surface area contributed by atoms with Crippen LogP contribution in [0.3, 0.4) is 0 Å². The third-order valence-corrected chi connectivity index (χ3v) is 6.04. The molecular weight excluding hydrogens is 442 g/mol. The molecule has 1 aliphatic carbocycles. The van der Waals surface area contributed by atoms with E-state index in [0.29, 0.717) is 17.5 Å². The van der Waals surface area contributed by atoms with Gasteiger partial charge in [0.15, 0.2) is 0 Å². The molecule has 7 heteroatoms. The van der Waals surface area contributed by atoms with E-state index < -0.39 is 23.8 Å². The van der Waals surface area contributed by atoms with Crippen molar-refractivity contribution in [3.8, 4) is 12.3 Å². The van der Waals surface area contributed by atoms with Gasteiger partial charge in [0.05, 0.1) is 0 Å².